The van der Waals surface area contributed by atoms with Gasteiger partial charge >= 0.3 is 0 Å². The van der Waals surface area contributed by atoms with Crippen LogP contribution >= 0.6 is 0 Å². The van der Waals surface area contributed by atoms with Crippen molar-refractivity contribution < 1.29 is 9.59 Å². The fraction of sp³-hybridized carbons (Fsp3) is 0.200. The third-order valence-corrected chi connectivity index (χ3v) is 4.14. The molecule has 0 aliphatic rings. The monoisotopic (exact) mass is 363 g/mol. The molecule has 0 bridgehead atoms. The van der Waals surface area contributed by atoms with Gasteiger partial charge in [0, 0.05) is 24.0 Å². The van der Waals surface area contributed by atoms with E-state index in [1.807, 2.05) is 44.2 Å². The molecule has 27 heavy (non-hydrogen) atoms. The van der Waals surface area contributed by atoms with Crippen molar-refractivity contribution >= 4 is 17.6 Å². The van der Waals surface area contributed by atoms with Crippen molar-refractivity contribution in [3.05, 3.63) is 77.2 Å². The number of carbonyl (C=O) groups excluding carboxylic acids is 2. The summed E-state index contributed by atoms with van der Waals surface area (Å²) in [6, 6.07) is 12.8. The van der Waals surface area contributed by atoms with Crippen LogP contribution < -0.4 is 10.6 Å². The highest BCUT2D eigenvalue weighted by atomic mass is 16.2. The molecule has 3 aromatic rings. The second-order valence-electron chi connectivity index (χ2n) is 6.25. The molecule has 0 radical (unpaired) electrons. The number of anilines is 1. The molecule has 0 spiro atoms. The first-order valence-corrected chi connectivity index (χ1v) is 8.60. The van der Waals surface area contributed by atoms with E-state index in [1.54, 1.807) is 29.2 Å². The first-order chi connectivity index (χ1) is 13.0. The molecule has 7 heteroatoms. The zero-order chi connectivity index (χ0) is 19.2. The third-order valence-electron chi connectivity index (χ3n) is 4.14. The van der Waals surface area contributed by atoms with Gasteiger partial charge < -0.3 is 10.6 Å². The minimum Gasteiger partial charge on any atom is -0.343 e. The Morgan fingerprint density at radius 1 is 1.07 bits per heavy atom. The summed E-state index contributed by atoms with van der Waals surface area (Å²) in [4.78, 5) is 28.4. The number of nitrogens with zero attached hydrogens (tertiary/aromatic N) is 3. The van der Waals surface area contributed by atoms with Gasteiger partial charge in [-0.3, -0.25) is 19.3 Å². The van der Waals surface area contributed by atoms with Gasteiger partial charge in [0.15, 0.2) is 5.82 Å². The predicted octanol–water partition coefficient (Wildman–Crippen LogP) is 2.31. The Labute approximate surface area is 157 Å². The van der Waals surface area contributed by atoms with Crippen molar-refractivity contribution in [3.8, 4) is 0 Å². The number of benzene rings is 1. The average Bonchev–Trinajstić information content (AvgIpc) is 3.09. The van der Waals surface area contributed by atoms with Gasteiger partial charge in [0.05, 0.1) is 18.8 Å². The molecular weight excluding hydrogens is 342 g/mol. The summed E-state index contributed by atoms with van der Waals surface area (Å²) in [5.41, 5.74) is 3.56. The molecule has 0 aliphatic carbocycles. The van der Waals surface area contributed by atoms with E-state index in [0.29, 0.717) is 17.9 Å². The van der Waals surface area contributed by atoms with Crippen LogP contribution in [-0.4, -0.2) is 33.1 Å². The number of nitrogens with one attached hydrogen (secondary N) is 2. The summed E-state index contributed by atoms with van der Waals surface area (Å²) < 4.78 is 1.69. The van der Waals surface area contributed by atoms with E-state index in [9.17, 15) is 9.59 Å². The minimum atomic E-state index is -0.338. The van der Waals surface area contributed by atoms with Crippen molar-refractivity contribution in [3.63, 3.8) is 0 Å². The van der Waals surface area contributed by atoms with Crippen LogP contribution in [0, 0.1) is 13.8 Å². The van der Waals surface area contributed by atoms with E-state index in [1.165, 1.54) is 0 Å². The number of aryl methyl sites for hydroxylation is 2. The lowest BCUT2D eigenvalue weighted by molar-refractivity contribution is -0.115. The minimum absolute atomic E-state index is 0.126. The summed E-state index contributed by atoms with van der Waals surface area (Å²) in [5.74, 6) is -0.194. The topological polar surface area (TPSA) is 88.9 Å². The Morgan fingerprint density at radius 2 is 1.93 bits per heavy atom. The van der Waals surface area contributed by atoms with Crippen LogP contribution in [0.3, 0.4) is 0 Å². The second-order valence-corrected chi connectivity index (χ2v) is 6.25. The molecule has 0 saturated heterocycles. The summed E-state index contributed by atoms with van der Waals surface area (Å²) in [6.45, 7) is 4.32. The molecule has 0 fully saturated rings. The molecule has 0 saturated carbocycles. The van der Waals surface area contributed by atoms with E-state index < -0.39 is 0 Å². The van der Waals surface area contributed by atoms with Crippen molar-refractivity contribution in [2.75, 3.05) is 11.9 Å². The van der Waals surface area contributed by atoms with E-state index in [0.717, 1.165) is 16.8 Å². The fourth-order valence-corrected chi connectivity index (χ4v) is 2.51. The number of hydrogen-bond donors (Lipinski definition) is 2. The van der Waals surface area contributed by atoms with Crippen LogP contribution in [0.2, 0.25) is 0 Å². The molecule has 2 heterocycles. The Morgan fingerprint density at radius 3 is 2.67 bits per heavy atom. The number of carbonyl (C=O) groups is 2. The first kappa shape index (κ1) is 18.3. The van der Waals surface area contributed by atoms with Gasteiger partial charge in [-0.05, 0) is 49.2 Å². The van der Waals surface area contributed by atoms with Crippen molar-refractivity contribution in [2.45, 2.75) is 20.4 Å². The number of rotatable bonds is 6. The maximum absolute atomic E-state index is 12.2. The van der Waals surface area contributed by atoms with Gasteiger partial charge in [-0.15, -0.1) is 0 Å². The lowest BCUT2D eigenvalue weighted by Gasteiger charge is -2.07. The van der Waals surface area contributed by atoms with Crippen LogP contribution in [0.25, 0.3) is 0 Å². The average molecular weight is 363 g/mol. The Bertz CT molecular complexity index is 950. The number of hydrogen-bond acceptors (Lipinski definition) is 4. The molecule has 1 aromatic carbocycles. The molecule has 2 aromatic heterocycles. The molecular formula is C20H21N5O2. The first-order valence-electron chi connectivity index (χ1n) is 8.60. The van der Waals surface area contributed by atoms with Gasteiger partial charge in [0.25, 0.3) is 5.91 Å². The van der Waals surface area contributed by atoms with Gasteiger partial charge in [-0.25, -0.2) is 0 Å². The zero-order valence-corrected chi connectivity index (χ0v) is 15.3. The molecule has 0 aliphatic heterocycles. The largest absolute Gasteiger partial charge is 0.343 e. The van der Waals surface area contributed by atoms with E-state index >= 15 is 0 Å². The van der Waals surface area contributed by atoms with Crippen LogP contribution in [0.15, 0.2) is 54.9 Å². The fourth-order valence-electron chi connectivity index (χ4n) is 2.51. The van der Waals surface area contributed by atoms with Crippen LogP contribution in [0.1, 0.15) is 27.2 Å². The maximum atomic E-state index is 12.2. The second kappa shape index (κ2) is 8.27. The smallest absolute Gasteiger partial charge is 0.251 e. The summed E-state index contributed by atoms with van der Waals surface area (Å²) in [7, 11) is 0. The Hall–Kier alpha value is -3.48. The zero-order valence-electron chi connectivity index (χ0n) is 15.3. The number of pyridine rings is 1. The summed E-state index contributed by atoms with van der Waals surface area (Å²) >= 11 is 0. The lowest BCUT2D eigenvalue weighted by Crippen LogP contribution is -2.33. The van der Waals surface area contributed by atoms with Crippen molar-refractivity contribution in [2.24, 2.45) is 0 Å². The van der Waals surface area contributed by atoms with Crippen LogP contribution in [0.5, 0.6) is 0 Å². The molecule has 2 N–H and O–H groups in total. The molecule has 2 amide bonds. The number of amides is 2. The molecule has 138 valence electrons. The highest BCUT2D eigenvalue weighted by Gasteiger charge is 2.10. The normalized spacial score (nSPS) is 10.4. The molecule has 3 rings (SSSR count). The highest BCUT2D eigenvalue weighted by molar-refractivity contribution is 5.99. The van der Waals surface area contributed by atoms with Gasteiger partial charge in [-0.2, -0.15) is 5.10 Å². The molecule has 7 nitrogen and oxygen atoms in total. The Kier molecular flexibility index (Phi) is 5.61. The lowest BCUT2D eigenvalue weighted by atomic mass is 10.1. The SMILES string of the molecule is Cc1ccc(C(=O)NCC(=O)Nc2ccn(Cc3ccccn3)n2)cc1C. The third kappa shape index (κ3) is 5.01. The standard InChI is InChI=1S/C20H21N5O2/c1-14-6-7-16(11-15(14)2)20(27)22-12-19(26)23-18-8-10-25(24-18)13-17-5-3-4-9-21-17/h3-11H,12-13H2,1-2H3,(H,22,27)(H,23,24,26). The highest BCUT2D eigenvalue weighted by Crippen LogP contribution is 2.09. The van der Waals surface area contributed by atoms with Crippen LogP contribution in [-0.2, 0) is 11.3 Å². The summed E-state index contributed by atoms with van der Waals surface area (Å²) in [6.07, 6.45) is 3.48. The van der Waals surface area contributed by atoms with Crippen LogP contribution in [0.4, 0.5) is 5.82 Å². The predicted molar refractivity (Wildman–Crippen MR) is 102 cm³/mol. The van der Waals surface area contributed by atoms with Gasteiger partial charge in [0.2, 0.25) is 5.91 Å². The molecule has 0 atom stereocenters. The number of aromatic nitrogens is 3. The van der Waals surface area contributed by atoms with Gasteiger partial charge in [-0.1, -0.05) is 12.1 Å². The summed E-state index contributed by atoms with van der Waals surface area (Å²) in [5, 5.41) is 9.57. The van der Waals surface area contributed by atoms with E-state index in [2.05, 4.69) is 20.7 Å². The Balaban J connectivity index is 1.50. The van der Waals surface area contributed by atoms with E-state index in [-0.39, 0.29) is 18.4 Å². The maximum Gasteiger partial charge on any atom is 0.251 e. The quantitative estimate of drug-likeness (QED) is 0.703. The van der Waals surface area contributed by atoms with Gasteiger partial charge in [0.1, 0.15) is 0 Å². The van der Waals surface area contributed by atoms with Crippen molar-refractivity contribution in [1.29, 1.82) is 0 Å². The van der Waals surface area contributed by atoms with E-state index in [4.69, 9.17) is 0 Å². The van der Waals surface area contributed by atoms with Crippen molar-refractivity contribution in [1.82, 2.24) is 20.1 Å². The molecule has 0 unspecified atom stereocenters.